The SMILES string of the molecule is CCC(CC)n1ccc(CC(=O)C(O)C(C)C)n1. The van der Waals surface area contributed by atoms with E-state index in [1.54, 1.807) is 0 Å². The summed E-state index contributed by atoms with van der Waals surface area (Å²) in [5, 5.41) is 14.1. The van der Waals surface area contributed by atoms with Gasteiger partial charge in [-0.15, -0.1) is 0 Å². The molecule has 1 heterocycles. The van der Waals surface area contributed by atoms with E-state index >= 15 is 0 Å². The molecule has 0 saturated carbocycles. The molecule has 0 aliphatic heterocycles. The topological polar surface area (TPSA) is 55.1 Å². The summed E-state index contributed by atoms with van der Waals surface area (Å²) in [5.41, 5.74) is 0.742. The molecule has 0 spiro atoms. The van der Waals surface area contributed by atoms with Gasteiger partial charge in [-0.25, -0.2) is 0 Å². The van der Waals surface area contributed by atoms with E-state index in [9.17, 15) is 9.90 Å². The third-order valence-electron chi connectivity index (χ3n) is 3.30. The lowest BCUT2D eigenvalue weighted by Gasteiger charge is -2.13. The highest BCUT2D eigenvalue weighted by molar-refractivity contribution is 5.84. The van der Waals surface area contributed by atoms with Gasteiger partial charge < -0.3 is 5.11 Å². The average Bonchev–Trinajstić information content (AvgIpc) is 2.78. The molecule has 1 aromatic heterocycles. The van der Waals surface area contributed by atoms with Crippen LogP contribution in [-0.2, 0) is 11.2 Å². The molecule has 0 aromatic carbocycles. The van der Waals surface area contributed by atoms with Crippen molar-refractivity contribution < 1.29 is 9.90 Å². The quantitative estimate of drug-likeness (QED) is 0.810. The first-order chi connectivity index (χ1) is 8.49. The van der Waals surface area contributed by atoms with Gasteiger partial charge in [-0.05, 0) is 24.8 Å². The van der Waals surface area contributed by atoms with E-state index < -0.39 is 6.10 Å². The van der Waals surface area contributed by atoms with Gasteiger partial charge in [0.2, 0.25) is 0 Å². The molecule has 4 heteroatoms. The van der Waals surface area contributed by atoms with Crippen molar-refractivity contribution in [3.8, 4) is 0 Å². The van der Waals surface area contributed by atoms with E-state index in [1.807, 2.05) is 30.8 Å². The summed E-state index contributed by atoms with van der Waals surface area (Å²) in [7, 11) is 0. The normalized spacial score (nSPS) is 13.3. The van der Waals surface area contributed by atoms with E-state index in [2.05, 4.69) is 18.9 Å². The second-order valence-corrected chi connectivity index (χ2v) is 5.09. The number of carbonyl (C=O) groups excluding carboxylic acids is 1. The Morgan fingerprint density at radius 3 is 2.50 bits per heavy atom. The molecule has 1 aromatic rings. The van der Waals surface area contributed by atoms with Gasteiger partial charge in [0.25, 0.3) is 0 Å². The third-order valence-corrected chi connectivity index (χ3v) is 3.30. The highest BCUT2D eigenvalue weighted by Gasteiger charge is 2.20. The maximum atomic E-state index is 11.8. The number of Topliss-reactive ketones (excluding diaryl/α,β-unsaturated/α-hetero) is 1. The fraction of sp³-hybridized carbons (Fsp3) is 0.714. The summed E-state index contributed by atoms with van der Waals surface area (Å²) in [5.74, 6) is -0.196. The van der Waals surface area contributed by atoms with Crippen molar-refractivity contribution in [2.75, 3.05) is 0 Å². The molecule has 1 rings (SSSR count). The van der Waals surface area contributed by atoms with Gasteiger partial charge in [0.1, 0.15) is 6.10 Å². The third kappa shape index (κ3) is 3.67. The van der Waals surface area contributed by atoms with Crippen LogP contribution in [-0.4, -0.2) is 26.8 Å². The molecule has 0 bridgehead atoms. The highest BCUT2D eigenvalue weighted by atomic mass is 16.3. The molecular formula is C14H24N2O2. The minimum absolute atomic E-state index is 0.0429. The van der Waals surface area contributed by atoms with Crippen LogP contribution in [0.2, 0.25) is 0 Å². The first kappa shape index (κ1) is 14.9. The number of aliphatic hydroxyl groups is 1. The fourth-order valence-corrected chi connectivity index (χ4v) is 1.99. The Morgan fingerprint density at radius 2 is 2.00 bits per heavy atom. The van der Waals surface area contributed by atoms with E-state index in [0.29, 0.717) is 6.04 Å². The zero-order valence-electron chi connectivity index (χ0n) is 11.8. The average molecular weight is 252 g/mol. The Labute approximate surface area is 109 Å². The van der Waals surface area contributed by atoms with Gasteiger partial charge >= 0.3 is 0 Å². The lowest BCUT2D eigenvalue weighted by molar-refractivity contribution is -0.128. The zero-order valence-corrected chi connectivity index (χ0v) is 11.8. The van der Waals surface area contributed by atoms with E-state index in [-0.39, 0.29) is 18.1 Å². The monoisotopic (exact) mass is 252 g/mol. The largest absolute Gasteiger partial charge is 0.385 e. The zero-order chi connectivity index (χ0) is 13.7. The van der Waals surface area contributed by atoms with Crippen molar-refractivity contribution >= 4 is 5.78 Å². The van der Waals surface area contributed by atoms with E-state index in [0.717, 1.165) is 18.5 Å². The van der Waals surface area contributed by atoms with Crippen molar-refractivity contribution in [1.29, 1.82) is 0 Å². The number of rotatable bonds is 7. The number of hydrogen-bond donors (Lipinski definition) is 1. The molecule has 1 N–H and O–H groups in total. The summed E-state index contributed by atoms with van der Waals surface area (Å²) in [4.78, 5) is 11.8. The smallest absolute Gasteiger partial charge is 0.167 e. The number of ketones is 1. The maximum Gasteiger partial charge on any atom is 0.167 e. The summed E-state index contributed by atoms with van der Waals surface area (Å²) >= 11 is 0. The minimum atomic E-state index is -0.886. The van der Waals surface area contributed by atoms with Crippen LogP contribution < -0.4 is 0 Å². The van der Waals surface area contributed by atoms with Gasteiger partial charge in [-0.2, -0.15) is 5.10 Å². The van der Waals surface area contributed by atoms with Crippen LogP contribution in [0.25, 0.3) is 0 Å². The van der Waals surface area contributed by atoms with Crippen molar-refractivity contribution in [1.82, 2.24) is 9.78 Å². The Balaban J connectivity index is 2.67. The van der Waals surface area contributed by atoms with E-state index in [1.165, 1.54) is 0 Å². The molecule has 0 radical (unpaired) electrons. The Hall–Kier alpha value is -1.16. The fourth-order valence-electron chi connectivity index (χ4n) is 1.99. The molecule has 0 amide bonds. The number of hydrogen-bond acceptors (Lipinski definition) is 3. The van der Waals surface area contributed by atoms with Crippen molar-refractivity contribution in [3.05, 3.63) is 18.0 Å². The van der Waals surface area contributed by atoms with Crippen molar-refractivity contribution in [2.24, 2.45) is 5.92 Å². The molecule has 0 fully saturated rings. The van der Waals surface area contributed by atoms with Crippen LogP contribution >= 0.6 is 0 Å². The van der Waals surface area contributed by atoms with Crippen molar-refractivity contribution in [3.63, 3.8) is 0 Å². The summed E-state index contributed by atoms with van der Waals surface area (Å²) < 4.78 is 1.92. The number of nitrogens with zero attached hydrogens (tertiary/aromatic N) is 2. The molecule has 0 aliphatic carbocycles. The van der Waals surface area contributed by atoms with Gasteiger partial charge in [-0.3, -0.25) is 9.48 Å². The van der Waals surface area contributed by atoms with Gasteiger partial charge in [0.15, 0.2) is 5.78 Å². The Kier molecular flexibility index (Phi) is 5.54. The van der Waals surface area contributed by atoms with E-state index in [4.69, 9.17) is 0 Å². The predicted octanol–water partition coefficient (Wildman–Crippen LogP) is 2.37. The summed E-state index contributed by atoms with van der Waals surface area (Å²) in [6.45, 7) is 7.93. The van der Waals surface area contributed by atoms with Crippen LogP contribution in [0, 0.1) is 5.92 Å². The highest BCUT2D eigenvalue weighted by Crippen LogP contribution is 2.15. The van der Waals surface area contributed by atoms with Gasteiger partial charge in [0.05, 0.1) is 18.2 Å². The predicted molar refractivity (Wildman–Crippen MR) is 71.4 cm³/mol. The standard InChI is InChI=1S/C14H24N2O2/c1-5-12(6-2)16-8-7-11(15-16)9-13(17)14(18)10(3)4/h7-8,10,12,14,18H,5-6,9H2,1-4H3. The molecule has 0 aliphatic rings. The molecule has 1 atom stereocenters. The molecule has 0 saturated heterocycles. The number of aromatic nitrogens is 2. The molecular weight excluding hydrogens is 228 g/mol. The Bertz CT molecular complexity index is 381. The van der Waals surface area contributed by atoms with Crippen LogP contribution in [0.5, 0.6) is 0 Å². The lowest BCUT2D eigenvalue weighted by atomic mass is 10.0. The lowest BCUT2D eigenvalue weighted by Crippen LogP contribution is -2.27. The van der Waals surface area contributed by atoms with Crippen LogP contribution in [0.4, 0.5) is 0 Å². The first-order valence-corrected chi connectivity index (χ1v) is 6.74. The van der Waals surface area contributed by atoms with Crippen molar-refractivity contribution in [2.45, 2.75) is 59.1 Å². The van der Waals surface area contributed by atoms with Crippen LogP contribution in [0.15, 0.2) is 12.3 Å². The molecule has 102 valence electrons. The maximum absolute atomic E-state index is 11.8. The molecule has 1 unspecified atom stereocenters. The number of aliphatic hydroxyl groups excluding tert-OH is 1. The molecule has 4 nitrogen and oxygen atoms in total. The first-order valence-electron chi connectivity index (χ1n) is 6.74. The summed E-state index contributed by atoms with van der Waals surface area (Å²) in [6, 6.07) is 2.26. The minimum Gasteiger partial charge on any atom is -0.385 e. The second-order valence-electron chi connectivity index (χ2n) is 5.09. The Morgan fingerprint density at radius 1 is 1.39 bits per heavy atom. The second kappa shape index (κ2) is 6.69. The molecule has 18 heavy (non-hydrogen) atoms. The van der Waals surface area contributed by atoms with Crippen LogP contribution in [0.1, 0.15) is 52.3 Å². The van der Waals surface area contributed by atoms with Gasteiger partial charge in [0, 0.05) is 6.20 Å². The van der Waals surface area contributed by atoms with Gasteiger partial charge in [-0.1, -0.05) is 27.7 Å². The number of carbonyl (C=O) groups is 1. The van der Waals surface area contributed by atoms with Crippen LogP contribution in [0.3, 0.4) is 0 Å². The summed E-state index contributed by atoms with van der Waals surface area (Å²) in [6.07, 6.45) is 3.30.